The minimum absolute atomic E-state index is 0.114. The molecule has 3 aromatic carbocycles. The van der Waals surface area contributed by atoms with Gasteiger partial charge in [-0.2, -0.15) is 0 Å². The van der Waals surface area contributed by atoms with Crippen LogP contribution in [0.25, 0.3) is 0 Å². The molecular weight excluding hydrogens is 453 g/mol. The highest BCUT2D eigenvalue weighted by Gasteiger charge is 2.24. The maximum atomic E-state index is 13.1. The molecule has 0 aliphatic carbocycles. The average Bonchev–Trinajstić information content (AvgIpc) is 2.84. The topological polar surface area (TPSA) is 44.8 Å². The fraction of sp³-hybridized carbons (Fsp3) is 0.296. The van der Waals surface area contributed by atoms with Crippen molar-refractivity contribution >= 4 is 23.3 Å². The Kier molecular flexibility index (Phi) is 8.16. The summed E-state index contributed by atoms with van der Waals surface area (Å²) in [4.78, 5) is 16.7. The minimum atomic E-state index is -0.327. The molecule has 1 heterocycles. The third kappa shape index (κ3) is 6.79. The number of benzene rings is 3. The van der Waals surface area contributed by atoms with Gasteiger partial charge in [-0.1, -0.05) is 53.6 Å². The summed E-state index contributed by atoms with van der Waals surface area (Å²) in [5.41, 5.74) is 4.01. The summed E-state index contributed by atoms with van der Waals surface area (Å²) in [6.07, 6.45) is -0.114. The van der Waals surface area contributed by atoms with E-state index in [1.807, 2.05) is 30.3 Å². The number of aryl methyl sites for hydroxylation is 1. The summed E-state index contributed by atoms with van der Waals surface area (Å²) < 4.78 is 19.5. The number of piperazine rings is 1. The van der Waals surface area contributed by atoms with Gasteiger partial charge in [0.25, 0.3) is 0 Å². The van der Waals surface area contributed by atoms with Crippen LogP contribution in [0.1, 0.15) is 22.8 Å². The standard InChI is InChI=1S/C27H29ClFN3O2/c1-20-3-2-4-21(17-20)19-34-26(22-5-7-23(28)8-6-22)18-31-13-15-32(16-14-31)27(33)30-25-11-9-24(29)10-12-25/h2-12,17,26H,13-16,18-19H2,1H3,(H,30,33)/t26-/m1/s1. The maximum Gasteiger partial charge on any atom is 0.321 e. The van der Waals surface area contributed by atoms with Crippen LogP contribution in [-0.2, 0) is 11.3 Å². The smallest absolute Gasteiger partial charge is 0.321 e. The van der Waals surface area contributed by atoms with Crippen molar-refractivity contribution in [3.63, 3.8) is 0 Å². The zero-order chi connectivity index (χ0) is 23.9. The first-order valence-electron chi connectivity index (χ1n) is 11.4. The SMILES string of the molecule is Cc1cccc(CO[C@H](CN2CCN(C(=O)Nc3ccc(F)cc3)CC2)c2ccc(Cl)cc2)c1. The van der Waals surface area contributed by atoms with Crippen LogP contribution >= 0.6 is 11.6 Å². The predicted molar refractivity (Wildman–Crippen MR) is 134 cm³/mol. The number of carbonyl (C=O) groups is 1. The maximum absolute atomic E-state index is 13.1. The summed E-state index contributed by atoms with van der Waals surface area (Å²) >= 11 is 6.10. The summed E-state index contributed by atoms with van der Waals surface area (Å²) in [5, 5.41) is 3.53. The molecule has 5 nitrogen and oxygen atoms in total. The molecule has 1 aliphatic heterocycles. The summed E-state index contributed by atoms with van der Waals surface area (Å²) in [5.74, 6) is -0.327. The van der Waals surface area contributed by atoms with E-state index >= 15 is 0 Å². The summed E-state index contributed by atoms with van der Waals surface area (Å²) in [6.45, 7) is 6.03. The fourth-order valence-electron chi connectivity index (χ4n) is 4.03. The lowest BCUT2D eigenvalue weighted by Crippen LogP contribution is -2.50. The Morgan fingerprint density at radius 1 is 1.03 bits per heavy atom. The van der Waals surface area contributed by atoms with Crippen LogP contribution in [0.4, 0.5) is 14.9 Å². The molecule has 0 unspecified atom stereocenters. The van der Waals surface area contributed by atoms with Gasteiger partial charge >= 0.3 is 6.03 Å². The van der Waals surface area contributed by atoms with Gasteiger partial charge in [-0.25, -0.2) is 9.18 Å². The molecule has 1 aliphatic rings. The lowest BCUT2D eigenvalue weighted by molar-refractivity contribution is 0.00592. The third-order valence-corrected chi connectivity index (χ3v) is 6.21. The molecule has 1 fully saturated rings. The van der Waals surface area contributed by atoms with Crippen LogP contribution in [-0.4, -0.2) is 48.6 Å². The second kappa shape index (κ2) is 11.5. The monoisotopic (exact) mass is 481 g/mol. The number of anilines is 1. The zero-order valence-electron chi connectivity index (χ0n) is 19.2. The summed E-state index contributed by atoms with van der Waals surface area (Å²) in [7, 11) is 0. The Bertz CT molecular complexity index is 1080. The number of halogens is 2. The zero-order valence-corrected chi connectivity index (χ0v) is 20.0. The van der Waals surface area contributed by atoms with Crippen LogP contribution in [0, 0.1) is 12.7 Å². The van der Waals surface area contributed by atoms with Gasteiger partial charge in [0, 0.05) is 43.4 Å². The van der Waals surface area contributed by atoms with Gasteiger partial charge in [0.15, 0.2) is 0 Å². The fourth-order valence-corrected chi connectivity index (χ4v) is 4.16. The van der Waals surface area contributed by atoms with E-state index in [9.17, 15) is 9.18 Å². The number of nitrogens with zero attached hydrogens (tertiary/aromatic N) is 2. The van der Waals surface area contributed by atoms with Crippen LogP contribution in [0.3, 0.4) is 0 Å². The van der Waals surface area contributed by atoms with Crippen molar-refractivity contribution < 1.29 is 13.9 Å². The average molecular weight is 482 g/mol. The van der Waals surface area contributed by atoms with Gasteiger partial charge in [-0.05, 0) is 54.4 Å². The quantitative estimate of drug-likeness (QED) is 0.457. The Hall–Kier alpha value is -2.93. The van der Waals surface area contributed by atoms with Crippen molar-refractivity contribution in [1.29, 1.82) is 0 Å². The number of ether oxygens (including phenoxy) is 1. The number of amides is 2. The van der Waals surface area contributed by atoms with Crippen molar-refractivity contribution in [1.82, 2.24) is 9.80 Å². The minimum Gasteiger partial charge on any atom is -0.368 e. The van der Waals surface area contributed by atoms with E-state index in [1.165, 1.54) is 17.7 Å². The Balaban J connectivity index is 1.34. The van der Waals surface area contributed by atoms with E-state index in [4.69, 9.17) is 16.3 Å². The highest BCUT2D eigenvalue weighted by molar-refractivity contribution is 6.30. The van der Waals surface area contributed by atoms with Crippen molar-refractivity contribution in [2.24, 2.45) is 0 Å². The van der Waals surface area contributed by atoms with Crippen LogP contribution < -0.4 is 5.32 Å². The van der Waals surface area contributed by atoms with Crippen molar-refractivity contribution in [3.05, 3.63) is 100 Å². The van der Waals surface area contributed by atoms with Crippen LogP contribution in [0.2, 0.25) is 5.02 Å². The number of nitrogens with one attached hydrogen (secondary N) is 1. The largest absolute Gasteiger partial charge is 0.368 e. The molecule has 7 heteroatoms. The van der Waals surface area contributed by atoms with Crippen molar-refractivity contribution in [2.45, 2.75) is 19.6 Å². The lowest BCUT2D eigenvalue weighted by atomic mass is 10.1. The molecule has 0 bridgehead atoms. The predicted octanol–water partition coefficient (Wildman–Crippen LogP) is 5.90. The number of rotatable bonds is 7. The van der Waals surface area contributed by atoms with Crippen LogP contribution in [0.5, 0.6) is 0 Å². The van der Waals surface area contributed by atoms with Crippen molar-refractivity contribution in [3.8, 4) is 0 Å². The molecule has 0 aromatic heterocycles. The second-order valence-electron chi connectivity index (χ2n) is 8.56. The molecule has 0 radical (unpaired) electrons. The highest BCUT2D eigenvalue weighted by Crippen LogP contribution is 2.24. The molecule has 1 atom stereocenters. The Morgan fingerprint density at radius 2 is 1.74 bits per heavy atom. The first-order valence-corrected chi connectivity index (χ1v) is 11.8. The van der Waals surface area contributed by atoms with E-state index < -0.39 is 0 Å². The number of hydrogen-bond donors (Lipinski definition) is 1. The van der Waals surface area contributed by atoms with E-state index in [1.54, 1.807) is 17.0 Å². The van der Waals surface area contributed by atoms with Crippen molar-refractivity contribution in [2.75, 3.05) is 38.0 Å². The van der Waals surface area contributed by atoms with E-state index in [2.05, 4.69) is 35.3 Å². The van der Waals surface area contributed by atoms with Gasteiger partial charge in [-0.3, -0.25) is 4.90 Å². The molecule has 4 rings (SSSR count). The van der Waals surface area contributed by atoms with Gasteiger partial charge in [0.1, 0.15) is 5.82 Å². The third-order valence-electron chi connectivity index (χ3n) is 5.95. The molecule has 2 amide bonds. The number of hydrogen-bond acceptors (Lipinski definition) is 3. The molecule has 1 N–H and O–H groups in total. The van der Waals surface area contributed by atoms with Gasteiger partial charge in [-0.15, -0.1) is 0 Å². The highest BCUT2D eigenvalue weighted by atomic mass is 35.5. The number of carbonyl (C=O) groups excluding carboxylic acids is 1. The van der Waals surface area contributed by atoms with E-state index in [-0.39, 0.29) is 18.0 Å². The Morgan fingerprint density at radius 3 is 2.41 bits per heavy atom. The summed E-state index contributed by atoms with van der Waals surface area (Å²) in [6, 6.07) is 21.7. The van der Waals surface area contributed by atoms with Gasteiger partial charge in [0.05, 0.1) is 12.7 Å². The van der Waals surface area contributed by atoms with Crippen LogP contribution in [0.15, 0.2) is 72.8 Å². The molecule has 178 valence electrons. The normalized spacial score (nSPS) is 15.2. The Labute approximate surface area is 205 Å². The molecule has 3 aromatic rings. The van der Waals surface area contributed by atoms with Gasteiger partial charge < -0.3 is 15.0 Å². The number of urea groups is 1. The van der Waals surface area contributed by atoms with E-state index in [0.29, 0.717) is 30.4 Å². The first kappa shape index (κ1) is 24.2. The molecule has 0 saturated carbocycles. The molecular formula is C27H29ClFN3O2. The lowest BCUT2D eigenvalue weighted by Gasteiger charge is -2.36. The molecule has 1 saturated heterocycles. The first-order chi connectivity index (χ1) is 16.5. The molecule has 34 heavy (non-hydrogen) atoms. The molecule has 0 spiro atoms. The second-order valence-corrected chi connectivity index (χ2v) is 9.00. The van der Waals surface area contributed by atoms with E-state index in [0.717, 1.165) is 30.8 Å². The van der Waals surface area contributed by atoms with Gasteiger partial charge in [0.2, 0.25) is 0 Å².